The van der Waals surface area contributed by atoms with Gasteiger partial charge in [-0.25, -0.2) is 14.4 Å². The van der Waals surface area contributed by atoms with Crippen LogP contribution < -0.4 is 20.3 Å². The molecule has 0 aliphatic carbocycles. The molecular formula is C27H28ClFN4O5S2. The van der Waals surface area contributed by atoms with Crippen LogP contribution in [0.2, 0.25) is 5.02 Å². The number of aliphatic imine (C=N–C) groups is 1. The van der Waals surface area contributed by atoms with Crippen LogP contribution in [0.25, 0.3) is 0 Å². The number of methoxy groups -OCH3 is 3. The molecule has 1 aliphatic heterocycles. The van der Waals surface area contributed by atoms with E-state index in [1.165, 1.54) is 18.4 Å². The summed E-state index contributed by atoms with van der Waals surface area (Å²) in [6.45, 7) is -1.18. The van der Waals surface area contributed by atoms with Gasteiger partial charge in [-0.15, -0.1) is 23.1 Å². The first-order valence-corrected chi connectivity index (χ1v) is 14.4. The quantitative estimate of drug-likeness (QED) is 0.259. The van der Waals surface area contributed by atoms with Crippen LogP contribution in [0.3, 0.4) is 0 Å². The molecule has 9 nitrogen and oxygen atoms in total. The van der Waals surface area contributed by atoms with Gasteiger partial charge < -0.3 is 14.2 Å². The van der Waals surface area contributed by atoms with Gasteiger partial charge in [0.1, 0.15) is 5.84 Å². The molecule has 212 valence electrons. The van der Waals surface area contributed by atoms with Gasteiger partial charge in [0, 0.05) is 28.1 Å². The lowest BCUT2D eigenvalue weighted by Gasteiger charge is -2.25. The van der Waals surface area contributed by atoms with Crippen molar-refractivity contribution < 1.29 is 28.2 Å². The number of nitrogens with one attached hydrogen (secondary N) is 2. The molecule has 2 atom stereocenters. The average molecular weight is 607 g/mol. The van der Waals surface area contributed by atoms with Crippen LogP contribution in [0.15, 0.2) is 47.6 Å². The number of benzene rings is 2. The number of hydrazine groups is 1. The average Bonchev–Trinajstić information content (AvgIpc) is 3.37. The van der Waals surface area contributed by atoms with Gasteiger partial charge in [-0.1, -0.05) is 23.7 Å². The monoisotopic (exact) mass is 606 g/mol. The fourth-order valence-electron chi connectivity index (χ4n) is 4.16. The Bertz CT molecular complexity index is 1400. The fraction of sp³-hybridized carbons (Fsp3) is 0.333. The van der Waals surface area contributed by atoms with E-state index < -0.39 is 12.6 Å². The number of amidine groups is 1. The number of aromatic nitrogens is 1. The summed E-state index contributed by atoms with van der Waals surface area (Å²) in [6, 6.07) is 11.1. The van der Waals surface area contributed by atoms with Gasteiger partial charge >= 0.3 is 5.97 Å². The summed E-state index contributed by atoms with van der Waals surface area (Å²) in [5.41, 5.74) is 7.52. The van der Waals surface area contributed by atoms with E-state index in [0.717, 1.165) is 21.0 Å². The Balaban J connectivity index is 1.75. The Labute approximate surface area is 244 Å². The maximum absolute atomic E-state index is 13.0. The summed E-state index contributed by atoms with van der Waals surface area (Å²) < 4.78 is 29.0. The number of rotatable bonds is 9. The number of carbonyl (C=O) groups excluding carboxylic acids is 2. The molecule has 2 N–H and O–H groups in total. The largest absolute Gasteiger partial charge is 0.493 e. The van der Waals surface area contributed by atoms with Gasteiger partial charge in [0.15, 0.2) is 18.2 Å². The highest BCUT2D eigenvalue weighted by molar-refractivity contribution is 8.01. The Morgan fingerprint density at radius 1 is 1.12 bits per heavy atom. The van der Waals surface area contributed by atoms with Crippen molar-refractivity contribution in [1.82, 2.24) is 15.8 Å². The third kappa shape index (κ3) is 7.04. The van der Waals surface area contributed by atoms with E-state index >= 15 is 0 Å². The van der Waals surface area contributed by atoms with E-state index in [2.05, 4.69) is 15.8 Å². The molecule has 13 heteroatoms. The third-order valence-corrected chi connectivity index (χ3v) is 8.86. The highest BCUT2D eigenvalue weighted by Crippen LogP contribution is 2.50. The zero-order chi connectivity index (χ0) is 28.6. The van der Waals surface area contributed by atoms with E-state index in [1.54, 1.807) is 44.3 Å². The molecule has 1 amide bonds. The van der Waals surface area contributed by atoms with E-state index in [1.807, 2.05) is 24.3 Å². The van der Waals surface area contributed by atoms with Crippen LogP contribution in [-0.2, 0) is 27.2 Å². The van der Waals surface area contributed by atoms with Crippen molar-refractivity contribution in [2.24, 2.45) is 4.99 Å². The number of fused-ring (bicyclic) bond motifs is 1. The molecule has 3 aromatic rings. The van der Waals surface area contributed by atoms with E-state index in [0.29, 0.717) is 40.9 Å². The standard InChI is InChI=1S/C27H28ClFN4O5S2/c1-36-20-6-4-5-17(25(20)38-3)26-18-11-15(28)7-9-19(18)31-27(33-32-22(34)13-29)21(40-26)12-23-30-14-16(39-23)8-10-24(35)37-2/h4-7,9,11,14,21,26H,8,10,12-13H2,1-3H3,(H,31,33)(H,32,34). The number of carbonyl (C=O) groups is 2. The van der Waals surface area contributed by atoms with Crippen molar-refractivity contribution in [2.45, 2.75) is 29.8 Å². The summed E-state index contributed by atoms with van der Waals surface area (Å²) in [6.07, 6.45) is 2.96. The molecule has 0 saturated carbocycles. The molecule has 0 bridgehead atoms. The number of nitrogens with zero attached hydrogens (tertiary/aromatic N) is 2. The second-order valence-electron chi connectivity index (χ2n) is 8.60. The number of para-hydroxylation sites is 1. The van der Waals surface area contributed by atoms with Crippen molar-refractivity contribution in [2.75, 3.05) is 28.0 Å². The predicted octanol–water partition coefficient (Wildman–Crippen LogP) is 4.99. The van der Waals surface area contributed by atoms with E-state index in [9.17, 15) is 14.0 Å². The summed E-state index contributed by atoms with van der Waals surface area (Å²) in [5, 5.41) is 0.688. The van der Waals surface area contributed by atoms with Crippen LogP contribution in [0.5, 0.6) is 11.5 Å². The molecule has 2 unspecified atom stereocenters. The molecular weight excluding hydrogens is 579 g/mol. The number of esters is 1. The summed E-state index contributed by atoms with van der Waals surface area (Å²) in [5.74, 6) is 0.467. The zero-order valence-electron chi connectivity index (χ0n) is 22.0. The van der Waals surface area contributed by atoms with Crippen LogP contribution in [0.1, 0.15) is 32.7 Å². The molecule has 0 fully saturated rings. The number of ether oxygens (including phenoxy) is 3. The van der Waals surface area contributed by atoms with Crippen LogP contribution in [-0.4, -0.2) is 56.0 Å². The van der Waals surface area contributed by atoms with Crippen LogP contribution in [0, 0.1) is 0 Å². The van der Waals surface area contributed by atoms with E-state index in [4.69, 9.17) is 30.8 Å². The van der Waals surface area contributed by atoms with Crippen molar-refractivity contribution >= 4 is 58.1 Å². The summed E-state index contributed by atoms with van der Waals surface area (Å²) in [4.78, 5) is 33.7. The number of aryl methyl sites for hydroxylation is 1. The van der Waals surface area contributed by atoms with Crippen molar-refractivity contribution in [3.8, 4) is 11.5 Å². The molecule has 0 spiro atoms. The van der Waals surface area contributed by atoms with Crippen LogP contribution >= 0.6 is 34.7 Å². The molecule has 2 aromatic carbocycles. The zero-order valence-corrected chi connectivity index (χ0v) is 24.4. The molecule has 1 aromatic heterocycles. The number of thiazole rings is 1. The van der Waals surface area contributed by atoms with Gasteiger partial charge in [-0.3, -0.25) is 20.4 Å². The van der Waals surface area contributed by atoms with Crippen molar-refractivity contribution in [3.05, 3.63) is 68.6 Å². The third-order valence-electron chi connectivity index (χ3n) is 6.05. The minimum absolute atomic E-state index is 0.258. The van der Waals surface area contributed by atoms with Gasteiger partial charge in [0.25, 0.3) is 5.91 Å². The minimum Gasteiger partial charge on any atom is -0.493 e. The lowest BCUT2D eigenvalue weighted by Crippen LogP contribution is -2.46. The highest BCUT2D eigenvalue weighted by atomic mass is 35.5. The summed E-state index contributed by atoms with van der Waals surface area (Å²) >= 11 is 9.48. The van der Waals surface area contributed by atoms with Gasteiger partial charge in [0.05, 0.1) is 48.9 Å². The number of amides is 1. The smallest absolute Gasteiger partial charge is 0.305 e. The summed E-state index contributed by atoms with van der Waals surface area (Å²) in [7, 11) is 4.52. The van der Waals surface area contributed by atoms with Crippen molar-refractivity contribution in [3.63, 3.8) is 0 Å². The second-order valence-corrected chi connectivity index (χ2v) is 11.5. The van der Waals surface area contributed by atoms with E-state index in [-0.39, 0.29) is 22.9 Å². The molecule has 0 saturated heterocycles. The normalized spacial score (nSPS) is 16.3. The Morgan fingerprint density at radius 2 is 1.95 bits per heavy atom. The number of hydrogen-bond acceptors (Lipinski definition) is 10. The minimum atomic E-state index is -1.18. The predicted molar refractivity (Wildman–Crippen MR) is 155 cm³/mol. The van der Waals surface area contributed by atoms with Gasteiger partial charge in [-0.05, 0) is 36.2 Å². The number of thioether (sulfide) groups is 1. The number of halogens is 2. The Morgan fingerprint density at radius 3 is 2.67 bits per heavy atom. The first-order chi connectivity index (χ1) is 19.4. The molecule has 4 rings (SSSR count). The van der Waals surface area contributed by atoms with Gasteiger partial charge in [-0.2, -0.15) is 0 Å². The lowest BCUT2D eigenvalue weighted by atomic mass is 10.0. The first kappa shape index (κ1) is 29.6. The number of hydrogen-bond donors (Lipinski definition) is 2. The first-order valence-electron chi connectivity index (χ1n) is 12.2. The maximum Gasteiger partial charge on any atom is 0.305 e. The fourth-order valence-corrected chi connectivity index (χ4v) is 6.91. The Kier molecular flexibility index (Phi) is 10.2. The molecule has 1 aliphatic rings. The Hall–Kier alpha value is -3.35. The van der Waals surface area contributed by atoms with Gasteiger partial charge in [0.2, 0.25) is 0 Å². The topological polar surface area (TPSA) is 111 Å². The lowest BCUT2D eigenvalue weighted by molar-refractivity contribution is -0.140. The molecule has 0 radical (unpaired) electrons. The molecule has 2 heterocycles. The SMILES string of the molecule is COC(=O)CCc1cnc(CC2SC(c3cccc(OC)c3OC)c3cc(Cl)ccc3N=C2NNC(=O)CF)s1. The maximum atomic E-state index is 13.0. The van der Waals surface area contributed by atoms with Crippen molar-refractivity contribution in [1.29, 1.82) is 0 Å². The molecule has 40 heavy (non-hydrogen) atoms. The number of alkyl halides is 1. The highest BCUT2D eigenvalue weighted by Gasteiger charge is 2.33. The van der Waals surface area contributed by atoms with Crippen LogP contribution in [0.4, 0.5) is 10.1 Å². The second kappa shape index (κ2) is 13.8.